The number of fused-ring (bicyclic) bond motifs is 2. The number of allylic oxidation sites excluding steroid dienone is 4. The van der Waals surface area contributed by atoms with E-state index in [0.717, 1.165) is 11.8 Å². The first-order valence-electron chi connectivity index (χ1n) is 13.1. The number of rotatable bonds is 7. The molecule has 0 atom stereocenters. The summed E-state index contributed by atoms with van der Waals surface area (Å²) in [5.74, 6) is 1.62. The van der Waals surface area contributed by atoms with E-state index in [-0.39, 0.29) is 35.3 Å². The third kappa shape index (κ3) is 11.6. The first-order valence-corrected chi connectivity index (χ1v) is 17.4. The summed E-state index contributed by atoms with van der Waals surface area (Å²) >= 11 is 0. The Morgan fingerprint density at radius 3 is 0.854 bits per heavy atom. The second-order valence-electron chi connectivity index (χ2n) is 9.36. The molecular formula is C33H32ClO4P2Rh-. The van der Waals surface area contributed by atoms with E-state index >= 15 is 0 Å². The number of hydrogen-bond donors (Lipinski definition) is 0. The van der Waals surface area contributed by atoms with Crippen LogP contribution in [0.4, 0.5) is 0 Å². The van der Waals surface area contributed by atoms with Gasteiger partial charge in [-0.05, 0) is 67.6 Å². The van der Waals surface area contributed by atoms with E-state index in [1.165, 1.54) is 40.0 Å². The Labute approximate surface area is 260 Å². The fourth-order valence-electron chi connectivity index (χ4n) is 4.77. The molecular weight excluding hydrogens is 661 g/mol. The second kappa shape index (κ2) is 17.2. The first-order chi connectivity index (χ1) is 19.4. The van der Waals surface area contributed by atoms with Gasteiger partial charge in [0.2, 0.25) is 0 Å². The minimum Gasteiger partial charge on any atom is -0.222 e. The molecule has 8 heteroatoms. The van der Waals surface area contributed by atoms with Crippen LogP contribution in [0.25, 0.3) is 0 Å². The van der Waals surface area contributed by atoms with E-state index in [2.05, 4.69) is 146 Å². The van der Waals surface area contributed by atoms with Crippen molar-refractivity contribution < 1.29 is 48.4 Å². The topological polar surface area (TPSA) is 92.2 Å². The van der Waals surface area contributed by atoms with Crippen LogP contribution in [0.15, 0.2) is 146 Å². The van der Waals surface area contributed by atoms with Crippen molar-refractivity contribution in [3.8, 4) is 0 Å². The minimum atomic E-state index is -4.94. The Balaban J connectivity index is 0.000000294. The molecule has 0 N–H and O–H groups in total. The smallest absolute Gasteiger partial charge is 0 e. The molecule has 215 valence electrons. The molecule has 0 aliphatic heterocycles. The van der Waals surface area contributed by atoms with Gasteiger partial charge in [0.1, 0.15) is 0 Å². The Kier molecular flexibility index (Phi) is 14.0. The molecule has 2 bridgehead atoms. The Bertz CT molecular complexity index is 1140. The molecule has 0 unspecified atom stereocenters. The van der Waals surface area contributed by atoms with Crippen LogP contribution in [0.1, 0.15) is 6.42 Å². The van der Waals surface area contributed by atoms with E-state index in [1.54, 1.807) is 0 Å². The average Bonchev–Trinajstić information content (AvgIpc) is 3.64. The summed E-state index contributed by atoms with van der Waals surface area (Å²) in [5, 5.41) is 5.89. The van der Waals surface area contributed by atoms with E-state index in [1.807, 2.05) is 0 Å². The summed E-state index contributed by atoms with van der Waals surface area (Å²) < 4.78 is 34.0. The monoisotopic (exact) mass is 692 g/mol. The van der Waals surface area contributed by atoms with Crippen LogP contribution in [-0.2, 0) is 19.5 Å². The van der Waals surface area contributed by atoms with Crippen molar-refractivity contribution in [2.24, 2.45) is 11.8 Å². The maximum absolute atomic E-state index is 8.49. The van der Waals surface area contributed by atoms with Crippen LogP contribution in [0.5, 0.6) is 0 Å². The Hall–Kier alpha value is -2.03. The van der Waals surface area contributed by atoms with E-state index in [9.17, 15) is 0 Å². The van der Waals surface area contributed by atoms with Gasteiger partial charge in [0.05, 0.1) is 0 Å². The summed E-state index contributed by atoms with van der Waals surface area (Å²) in [5.41, 5.74) is 0. The SMILES string of the molecule is C1=CC2C=CC1C2.[O-][Cl+3]([O-])([O-])[O-].[Rh].c1ccc(P(CCP(c2ccccc2)c2ccccc2)c2ccccc2)cc1. The van der Waals surface area contributed by atoms with Crippen molar-refractivity contribution in [1.82, 2.24) is 0 Å². The average molecular weight is 693 g/mol. The van der Waals surface area contributed by atoms with Crippen molar-refractivity contribution in [3.05, 3.63) is 146 Å². The summed E-state index contributed by atoms with van der Waals surface area (Å²) in [6, 6.07) is 44.2. The minimum absolute atomic E-state index is 0. The molecule has 0 saturated carbocycles. The first kappa shape index (κ1) is 33.5. The van der Waals surface area contributed by atoms with Crippen LogP contribution in [0.3, 0.4) is 0 Å². The van der Waals surface area contributed by atoms with Crippen LogP contribution in [0, 0.1) is 22.1 Å². The normalized spacial score (nSPS) is 16.4. The van der Waals surface area contributed by atoms with Gasteiger partial charge in [-0.15, -0.1) is 10.2 Å². The molecule has 0 heterocycles. The third-order valence-electron chi connectivity index (χ3n) is 6.57. The quantitative estimate of drug-likeness (QED) is 0.169. The molecule has 0 amide bonds. The Morgan fingerprint density at radius 2 is 0.683 bits per heavy atom. The van der Waals surface area contributed by atoms with Gasteiger partial charge in [-0.1, -0.05) is 146 Å². The molecule has 2 aliphatic rings. The zero-order valence-corrected chi connectivity index (χ0v) is 26.6. The van der Waals surface area contributed by atoms with Crippen LogP contribution >= 0.6 is 15.8 Å². The van der Waals surface area contributed by atoms with Crippen LogP contribution in [-0.4, -0.2) is 12.3 Å². The summed E-state index contributed by atoms with van der Waals surface area (Å²) in [6.45, 7) is 0. The number of benzene rings is 4. The predicted octanol–water partition coefficient (Wildman–Crippen LogP) is 2.24. The van der Waals surface area contributed by atoms with E-state index < -0.39 is 10.2 Å². The van der Waals surface area contributed by atoms with Crippen LogP contribution in [0.2, 0.25) is 0 Å². The molecule has 6 rings (SSSR count). The maximum Gasteiger partial charge on any atom is 0 e. The van der Waals surface area contributed by atoms with Gasteiger partial charge < -0.3 is 0 Å². The molecule has 0 fully saturated rings. The van der Waals surface area contributed by atoms with E-state index in [0.29, 0.717) is 0 Å². The molecule has 4 aromatic carbocycles. The predicted molar refractivity (Wildman–Crippen MR) is 158 cm³/mol. The molecule has 1 radical (unpaired) electrons. The Morgan fingerprint density at radius 1 is 0.463 bits per heavy atom. The fourth-order valence-corrected chi connectivity index (χ4v) is 10.1. The number of hydrogen-bond acceptors (Lipinski definition) is 4. The molecule has 2 aliphatic carbocycles. The van der Waals surface area contributed by atoms with Gasteiger partial charge in [-0.25, -0.2) is 18.6 Å². The zero-order chi connectivity index (χ0) is 28.2. The van der Waals surface area contributed by atoms with Crippen molar-refractivity contribution in [1.29, 1.82) is 0 Å². The third-order valence-corrected chi connectivity index (χ3v) is 12.0. The van der Waals surface area contributed by atoms with Gasteiger partial charge in [0, 0.05) is 19.5 Å². The van der Waals surface area contributed by atoms with Gasteiger partial charge >= 0.3 is 0 Å². The van der Waals surface area contributed by atoms with Crippen LogP contribution < -0.4 is 39.9 Å². The standard InChI is InChI=1S/C26H24P2.C7H8.ClHO4.Rh/c1-5-13-23(14-6-1)27(24-15-7-2-8-16-24)21-22-28(25-17-9-3-10-18-25)26-19-11-4-12-20-26;1-2-7-4-3-6(1)5-7;2-1(3,4)5;/h1-20H,21-22H2;1-4,6-7H,5H2;(H,2,3,4,5);/p-1. The summed E-state index contributed by atoms with van der Waals surface area (Å²) in [6.07, 6.45) is 13.0. The molecule has 4 nitrogen and oxygen atoms in total. The zero-order valence-electron chi connectivity index (χ0n) is 22.4. The molecule has 41 heavy (non-hydrogen) atoms. The largest absolute Gasteiger partial charge is 0.222 e. The van der Waals surface area contributed by atoms with E-state index in [4.69, 9.17) is 18.6 Å². The van der Waals surface area contributed by atoms with Gasteiger partial charge in [0.15, 0.2) is 0 Å². The molecule has 0 saturated heterocycles. The molecule has 0 aromatic heterocycles. The van der Waals surface area contributed by atoms with Crippen molar-refractivity contribution in [2.45, 2.75) is 6.42 Å². The molecule has 4 aromatic rings. The van der Waals surface area contributed by atoms with Crippen molar-refractivity contribution >= 4 is 37.1 Å². The fraction of sp³-hybridized carbons (Fsp3) is 0.152. The molecule has 0 spiro atoms. The maximum atomic E-state index is 8.49. The number of halogens is 1. The van der Waals surface area contributed by atoms with Gasteiger partial charge in [-0.3, -0.25) is 0 Å². The van der Waals surface area contributed by atoms with Gasteiger partial charge in [0.25, 0.3) is 0 Å². The summed E-state index contributed by atoms with van der Waals surface area (Å²) in [4.78, 5) is 0. The second-order valence-corrected chi connectivity index (χ2v) is 14.8. The summed E-state index contributed by atoms with van der Waals surface area (Å²) in [7, 11) is -5.64. The van der Waals surface area contributed by atoms with Crippen molar-refractivity contribution in [2.75, 3.05) is 12.3 Å². The van der Waals surface area contributed by atoms with Crippen molar-refractivity contribution in [3.63, 3.8) is 0 Å². The van der Waals surface area contributed by atoms with Gasteiger partial charge in [-0.2, -0.15) is 0 Å².